The van der Waals surface area contributed by atoms with Crippen LogP contribution in [0.1, 0.15) is 35.7 Å². The highest BCUT2D eigenvalue weighted by Crippen LogP contribution is 2.25. The van der Waals surface area contributed by atoms with Crippen LogP contribution in [0.3, 0.4) is 0 Å². The minimum Gasteiger partial charge on any atom is -0.301 e. The Bertz CT molecular complexity index is 358. The Morgan fingerprint density at radius 3 is 2.44 bits per heavy atom. The van der Waals surface area contributed by atoms with Crippen molar-refractivity contribution in [3.8, 4) is 0 Å². The van der Waals surface area contributed by atoms with E-state index in [9.17, 15) is 0 Å². The van der Waals surface area contributed by atoms with Crippen LogP contribution < -0.4 is 5.32 Å². The van der Waals surface area contributed by atoms with Gasteiger partial charge in [-0.2, -0.15) is 0 Å². The zero-order valence-electron chi connectivity index (χ0n) is 10.6. The molecule has 0 bridgehead atoms. The van der Waals surface area contributed by atoms with Crippen LogP contribution in [0, 0.1) is 0 Å². The van der Waals surface area contributed by atoms with E-state index in [1.807, 2.05) is 7.05 Å². The van der Waals surface area contributed by atoms with Crippen LogP contribution in [0.5, 0.6) is 0 Å². The number of hydrogen-bond donors (Lipinski definition) is 1. The second kappa shape index (κ2) is 4.98. The van der Waals surface area contributed by atoms with Crippen LogP contribution in [-0.2, 0) is 12.8 Å². The van der Waals surface area contributed by atoms with Crippen LogP contribution >= 0.6 is 0 Å². The SMILES string of the molecule is CNC(c1ccc2c(c1)CCCC2)N(C)C. The monoisotopic (exact) mass is 218 g/mol. The quantitative estimate of drug-likeness (QED) is 0.783. The van der Waals surface area contributed by atoms with Crippen LogP contribution in [0.4, 0.5) is 0 Å². The highest BCUT2D eigenvalue weighted by Gasteiger charge is 2.15. The van der Waals surface area contributed by atoms with Crippen molar-refractivity contribution in [2.45, 2.75) is 31.8 Å². The van der Waals surface area contributed by atoms with Gasteiger partial charge in [0.2, 0.25) is 0 Å². The normalized spacial score (nSPS) is 17.2. The topological polar surface area (TPSA) is 15.3 Å². The molecule has 0 spiro atoms. The van der Waals surface area contributed by atoms with Gasteiger partial charge in [-0.05, 0) is 63.5 Å². The first kappa shape index (κ1) is 11.6. The molecule has 1 N–H and O–H groups in total. The van der Waals surface area contributed by atoms with Gasteiger partial charge in [0.25, 0.3) is 0 Å². The summed E-state index contributed by atoms with van der Waals surface area (Å²) >= 11 is 0. The molecule has 0 heterocycles. The van der Waals surface area contributed by atoms with Crippen LogP contribution in [0.2, 0.25) is 0 Å². The minimum atomic E-state index is 0.326. The first-order chi connectivity index (χ1) is 7.72. The molecule has 2 heteroatoms. The van der Waals surface area contributed by atoms with Crippen molar-refractivity contribution in [2.75, 3.05) is 21.1 Å². The molecule has 0 fully saturated rings. The summed E-state index contributed by atoms with van der Waals surface area (Å²) in [6, 6.07) is 6.97. The number of hydrogen-bond acceptors (Lipinski definition) is 2. The molecule has 0 aliphatic heterocycles. The molecule has 1 aromatic carbocycles. The zero-order chi connectivity index (χ0) is 11.5. The fraction of sp³-hybridized carbons (Fsp3) is 0.571. The van der Waals surface area contributed by atoms with Crippen molar-refractivity contribution in [1.82, 2.24) is 10.2 Å². The van der Waals surface area contributed by atoms with Gasteiger partial charge in [-0.1, -0.05) is 18.2 Å². The molecule has 1 atom stereocenters. The first-order valence-electron chi connectivity index (χ1n) is 6.18. The molecule has 1 aliphatic carbocycles. The summed E-state index contributed by atoms with van der Waals surface area (Å²) in [5, 5.41) is 3.35. The molecule has 1 aromatic rings. The van der Waals surface area contributed by atoms with E-state index < -0.39 is 0 Å². The number of nitrogens with zero attached hydrogens (tertiary/aromatic N) is 1. The van der Waals surface area contributed by atoms with Gasteiger partial charge in [-0.15, -0.1) is 0 Å². The third-order valence-electron chi connectivity index (χ3n) is 3.48. The number of rotatable bonds is 3. The third kappa shape index (κ3) is 2.28. The van der Waals surface area contributed by atoms with E-state index in [1.165, 1.54) is 31.2 Å². The van der Waals surface area contributed by atoms with Crippen molar-refractivity contribution in [3.05, 3.63) is 34.9 Å². The van der Waals surface area contributed by atoms with Crippen molar-refractivity contribution in [2.24, 2.45) is 0 Å². The second-order valence-corrected chi connectivity index (χ2v) is 4.89. The Labute approximate surface area is 98.7 Å². The summed E-state index contributed by atoms with van der Waals surface area (Å²) < 4.78 is 0. The predicted octanol–water partition coefficient (Wildman–Crippen LogP) is 2.35. The lowest BCUT2D eigenvalue weighted by Crippen LogP contribution is -2.30. The Morgan fingerprint density at radius 1 is 1.12 bits per heavy atom. The summed E-state index contributed by atoms with van der Waals surface area (Å²) in [6.07, 6.45) is 5.56. The Hall–Kier alpha value is -0.860. The number of fused-ring (bicyclic) bond motifs is 1. The fourth-order valence-electron chi connectivity index (χ4n) is 2.65. The summed E-state index contributed by atoms with van der Waals surface area (Å²) in [6.45, 7) is 0. The van der Waals surface area contributed by atoms with E-state index >= 15 is 0 Å². The van der Waals surface area contributed by atoms with Crippen molar-refractivity contribution in [3.63, 3.8) is 0 Å². The molecular weight excluding hydrogens is 196 g/mol. The van der Waals surface area contributed by atoms with Crippen LogP contribution in [0.25, 0.3) is 0 Å². The number of nitrogens with one attached hydrogen (secondary N) is 1. The lowest BCUT2D eigenvalue weighted by Gasteiger charge is -2.26. The smallest absolute Gasteiger partial charge is 0.0853 e. The maximum atomic E-state index is 3.35. The van der Waals surface area contributed by atoms with Gasteiger partial charge in [-0.25, -0.2) is 0 Å². The fourth-order valence-corrected chi connectivity index (χ4v) is 2.65. The maximum Gasteiger partial charge on any atom is 0.0853 e. The molecule has 0 aromatic heterocycles. The van der Waals surface area contributed by atoms with Gasteiger partial charge >= 0.3 is 0 Å². The Kier molecular flexibility index (Phi) is 3.62. The van der Waals surface area contributed by atoms with E-state index in [1.54, 1.807) is 11.1 Å². The van der Waals surface area contributed by atoms with E-state index in [4.69, 9.17) is 0 Å². The molecule has 0 amide bonds. The van der Waals surface area contributed by atoms with Crippen molar-refractivity contribution in [1.29, 1.82) is 0 Å². The molecule has 2 nitrogen and oxygen atoms in total. The van der Waals surface area contributed by atoms with Gasteiger partial charge in [-0.3, -0.25) is 4.90 Å². The summed E-state index contributed by atoms with van der Waals surface area (Å²) in [5.74, 6) is 0. The molecule has 0 saturated carbocycles. The summed E-state index contributed by atoms with van der Waals surface area (Å²) in [5.41, 5.74) is 4.50. The predicted molar refractivity (Wildman–Crippen MR) is 68.6 cm³/mol. The Morgan fingerprint density at radius 2 is 1.81 bits per heavy atom. The average molecular weight is 218 g/mol. The van der Waals surface area contributed by atoms with Crippen molar-refractivity contribution < 1.29 is 0 Å². The molecule has 16 heavy (non-hydrogen) atoms. The molecule has 0 saturated heterocycles. The Balaban J connectivity index is 2.28. The maximum absolute atomic E-state index is 3.35. The minimum absolute atomic E-state index is 0.326. The first-order valence-corrected chi connectivity index (χ1v) is 6.18. The average Bonchev–Trinajstić information content (AvgIpc) is 2.29. The van der Waals surface area contributed by atoms with E-state index in [2.05, 4.69) is 42.5 Å². The molecule has 0 radical (unpaired) electrons. The molecule has 2 rings (SSSR count). The lowest BCUT2D eigenvalue weighted by molar-refractivity contribution is 0.264. The van der Waals surface area contributed by atoms with Crippen molar-refractivity contribution >= 4 is 0 Å². The summed E-state index contributed by atoms with van der Waals surface area (Å²) in [7, 11) is 6.24. The van der Waals surface area contributed by atoms with Crippen LogP contribution in [-0.4, -0.2) is 26.0 Å². The number of benzene rings is 1. The standard InChI is InChI=1S/C14H22N2/c1-15-14(16(2)3)13-9-8-11-6-4-5-7-12(11)10-13/h8-10,14-15H,4-7H2,1-3H3. The number of aryl methyl sites for hydroxylation is 2. The molecule has 1 unspecified atom stereocenters. The molecule has 88 valence electrons. The second-order valence-electron chi connectivity index (χ2n) is 4.89. The lowest BCUT2D eigenvalue weighted by atomic mass is 9.90. The van der Waals surface area contributed by atoms with Gasteiger partial charge in [0.15, 0.2) is 0 Å². The highest BCUT2D eigenvalue weighted by atomic mass is 15.2. The molecular formula is C14H22N2. The zero-order valence-corrected chi connectivity index (χ0v) is 10.6. The van der Waals surface area contributed by atoms with E-state index in [0.29, 0.717) is 6.17 Å². The van der Waals surface area contributed by atoms with Gasteiger partial charge in [0.05, 0.1) is 6.17 Å². The summed E-state index contributed by atoms with van der Waals surface area (Å²) in [4.78, 5) is 2.21. The molecule has 1 aliphatic rings. The van der Waals surface area contributed by atoms with Gasteiger partial charge in [0.1, 0.15) is 0 Å². The van der Waals surface area contributed by atoms with E-state index in [0.717, 1.165) is 0 Å². The largest absolute Gasteiger partial charge is 0.301 e. The third-order valence-corrected chi connectivity index (χ3v) is 3.48. The van der Waals surface area contributed by atoms with Gasteiger partial charge < -0.3 is 5.32 Å². The van der Waals surface area contributed by atoms with E-state index in [-0.39, 0.29) is 0 Å². The van der Waals surface area contributed by atoms with Gasteiger partial charge in [0, 0.05) is 0 Å². The highest BCUT2D eigenvalue weighted by molar-refractivity contribution is 5.35. The van der Waals surface area contributed by atoms with Crippen LogP contribution in [0.15, 0.2) is 18.2 Å².